The third-order valence-corrected chi connectivity index (χ3v) is 3.61. The van der Waals surface area contributed by atoms with Crippen LogP contribution >= 0.6 is 11.6 Å². The Balaban J connectivity index is 1.77. The molecule has 3 rings (SSSR count). The zero-order valence-corrected chi connectivity index (χ0v) is 12.8. The van der Waals surface area contributed by atoms with Crippen LogP contribution in [0.1, 0.15) is 18.9 Å². The lowest BCUT2D eigenvalue weighted by Crippen LogP contribution is -2.10. The molecule has 0 spiro atoms. The summed E-state index contributed by atoms with van der Waals surface area (Å²) >= 11 is 6.13. The smallest absolute Gasteiger partial charge is 0.127 e. The van der Waals surface area contributed by atoms with E-state index in [0.717, 1.165) is 22.7 Å². The number of dihydropyridines is 1. The van der Waals surface area contributed by atoms with Gasteiger partial charge in [-0.2, -0.15) is 0 Å². The number of hydrogen-bond acceptors (Lipinski definition) is 2. The molecule has 1 aliphatic heterocycles. The zero-order valence-electron chi connectivity index (χ0n) is 12.1. The normalized spacial score (nSPS) is 17.7. The monoisotopic (exact) mass is 315 g/mol. The maximum absolute atomic E-state index is 12.9. The molecule has 0 aliphatic carbocycles. The van der Waals surface area contributed by atoms with Gasteiger partial charge in [0.25, 0.3) is 0 Å². The van der Waals surface area contributed by atoms with Crippen molar-refractivity contribution in [2.75, 3.05) is 0 Å². The average Bonchev–Trinajstić information content (AvgIpc) is 2.49. The van der Waals surface area contributed by atoms with Crippen LogP contribution < -0.4 is 4.74 Å². The molecule has 0 aromatic heterocycles. The summed E-state index contributed by atoms with van der Waals surface area (Å²) in [6.45, 7) is 2.04. The van der Waals surface area contributed by atoms with Crippen LogP contribution in [0.15, 0.2) is 64.6 Å². The van der Waals surface area contributed by atoms with Crippen molar-refractivity contribution in [1.29, 1.82) is 0 Å². The number of aliphatic imine (C=N–C) groups is 1. The second kappa shape index (κ2) is 6.32. The van der Waals surface area contributed by atoms with Crippen LogP contribution in [0.4, 0.5) is 4.39 Å². The quantitative estimate of drug-likeness (QED) is 0.751. The maximum Gasteiger partial charge on any atom is 0.127 e. The standard InChI is InChI=1S/C18H15ClFNO/c1-12-10-14(19)11-18(21-12)13-2-6-16(7-3-13)22-17-8-4-15(20)5-9-17/h2-9,11-12H,10H2,1H3. The number of rotatable bonds is 3. The molecule has 0 bridgehead atoms. The Morgan fingerprint density at radius 2 is 1.64 bits per heavy atom. The van der Waals surface area contributed by atoms with Crippen LogP contribution in [0.2, 0.25) is 0 Å². The predicted molar refractivity (Wildman–Crippen MR) is 87.5 cm³/mol. The van der Waals surface area contributed by atoms with Gasteiger partial charge in [-0.15, -0.1) is 0 Å². The lowest BCUT2D eigenvalue weighted by atomic mass is 10.0. The summed E-state index contributed by atoms with van der Waals surface area (Å²) in [4.78, 5) is 4.60. The van der Waals surface area contributed by atoms with E-state index in [1.165, 1.54) is 12.1 Å². The molecular formula is C18H15ClFNO. The van der Waals surface area contributed by atoms with Crippen molar-refractivity contribution in [3.8, 4) is 11.5 Å². The minimum atomic E-state index is -0.282. The Bertz CT molecular complexity index is 720. The molecular weight excluding hydrogens is 301 g/mol. The van der Waals surface area contributed by atoms with Gasteiger partial charge >= 0.3 is 0 Å². The van der Waals surface area contributed by atoms with Gasteiger partial charge in [0.2, 0.25) is 0 Å². The minimum Gasteiger partial charge on any atom is -0.457 e. The Kier molecular flexibility index (Phi) is 4.25. The SMILES string of the molecule is CC1CC(Cl)=CC(c2ccc(Oc3ccc(F)cc3)cc2)=N1. The molecule has 1 atom stereocenters. The molecule has 22 heavy (non-hydrogen) atoms. The van der Waals surface area contributed by atoms with Crippen molar-refractivity contribution in [3.05, 3.63) is 71.0 Å². The highest BCUT2D eigenvalue weighted by molar-refractivity contribution is 6.32. The van der Waals surface area contributed by atoms with Crippen LogP contribution in [0, 0.1) is 5.82 Å². The number of nitrogens with zero attached hydrogens (tertiary/aromatic N) is 1. The molecule has 0 saturated heterocycles. The number of benzene rings is 2. The van der Waals surface area contributed by atoms with Gasteiger partial charge in [-0.3, -0.25) is 4.99 Å². The third kappa shape index (κ3) is 3.55. The van der Waals surface area contributed by atoms with E-state index in [2.05, 4.69) is 4.99 Å². The number of halogens is 2. The van der Waals surface area contributed by atoms with E-state index in [0.29, 0.717) is 11.5 Å². The number of hydrogen-bond donors (Lipinski definition) is 0. The van der Waals surface area contributed by atoms with E-state index in [-0.39, 0.29) is 11.9 Å². The summed E-state index contributed by atoms with van der Waals surface area (Å²) < 4.78 is 18.5. The lowest BCUT2D eigenvalue weighted by molar-refractivity contribution is 0.480. The average molecular weight is 316 g/mol. The van der Waals surface area contributed by atoms with E-state index >= 15 is 0 Å². The van der Waals surface area contributed by atoms with E-state index in [9.17, 15) is 4.39 Å². The van der Waals surface area contributed by atoms with Crippen molar-refractivity contribution in [1.82, 2.24) is 0 Å². The van der Waals surface area contributed by atoms with Crippen LogP contribution in [0.5, 0.6) is 11.5 Å². The summed E-state index contributed by atoms with van der Waals surface area (Å²) in [7, 11) is 0. The summed E-state index contributed by atoms with van der Waals surface area (Å²) in [5.74, 6) is 1.01. The maximum atomic E-state index is 12.9. The van der Waals surface area contributed by atoms with Crippen molar-refractivity contribution in [3.63, 3.8) is 0 Å². The van der Waals surface area contributed by atoms with Gasteiger partial charge in [-0.25, -0.2) is 4.39 Å². The molecule has 0 saturated carbocycles. The van der Waals surface area contributed by atoms with Crippen molar-refractivity contribution in [2.45, 2.75) is 19.4 Å². The van der Waals surface area contributed by atoms with E-state index < -0.39 is 0 Å². The molecule has 1 heterocycles. The van der Waals surface area contributed by atoms with Crippen LogP contribution in [0.3, 0.4) is 0 Å². The fourth-order valence-electron chi connectivity index (χ4n) is 2.30. The first-order valence-electron chi connectivity index (χ1n) is 7.08. The zero-order chi connectivity index (χ0) is 15.5. The molecule has 0 fully saturated rings. The second-order valence-corrected chi connectivity index (χ2v) is 5.72. The van der Waals surface area contributed by atoms with Gasteiger partial charge in [0, 0.05) is 11.5 Å². The Morgan fingerprint density at radius 3 is 2.23 bits per heavy atom. The first kappa shape index (κ1) is 14.8. The molecule has 4 heteroatoms. The highest BCUT2D eigenvalue weighted by Crippen LogP contribution is 2.24. The van der Waals surface area contributed by atoms with Crippen molar-refractivity contribution >= 4 is 17.3 Å². The topological polar surface area (TPSA) is 21.6 Å². The first-order valence-corrected chi connectivity index (χ1v) is 7.46. The Hall–Kier alpha value is -2.13. The number of allylic oxidation sites excluding steroid dienone is 1. The Morgan fingerprint density at radius 1 is 1.05 bits per heavy atom. The molecule has 1 unspecified atom stereocenters. The Labute approximate surface area is 133 Å². The van der Waals surface area contributed by atoms with Gasteiger partial charge in [-0.1, -0.05) is 11.6 Å². The molecule has 0 N–H and O–H groups in total. The van der Waals surface area contributed by atoms with Gasteiger partial charge in [0.15, 0.2) is 0 Å². The highest BCUT2D eigenvalue weighted by Gasteiger charge is 2.12. The summed E-state index contributed by atoms with van der Waals surface area (Å²) in [5, 5.41) is 0.823. The molecule has 2 aromatic carbocycles. The van der Waals surface area contributed by atoms with Crippen LogP contribution in [-0.4, -0.2) is 11.8 Å². The summed E-state index contributed by atoms with van der Waals surface area (Å²) in [6.07, 6.45) is 2.69. The first-order chi connectivity index (χ1) is 10.6. The minimum absolute atomic E-state index is 0.197. The lowest BCUT2D eigenvalue weighted by Gasteiger charge is -2.15. The highest BCUT2D eigenvalue weighted by atomic mass is 35.5. The van der Waals surface area contributed by atoms with Crippen molar-refractivity contribution in [2.24, 2.45) is 4.99 Å². The number of ether oxygens (including phenoxy) is 1. The van der Waals surface area contributed by atoms with Crippen LogP contribution in [0.25, 0.3) is 0 Å². The summed E-state index contributed by atoms with van der Waals surface area (Å²) in [5.41, 5.74) is 1.88. The molecule has 0 radical (unpaired) electrons. The van der Waals surface area contributed by atoms with Crippen LogP contribution in [-0.2, 0) is 0 Å². The van der Waals surface area contributed by atoms with E-state index in [4.69, 9.17) is 16.3 Å². The molecule has 2 nitrogen and oxygen atoms in total. The largest absolute Gasteiger partial charge is 0.457 e. The van der Waals surface area contributed by atoms with Crippen molar-refractivity contribution < 1.29 is 9.13 Å². The third-order valence-electron chi connectivity index (χ3n) is 3.34. The molecule has 1 aliphatic rings. The fourth-order valence-corrected chi connectivity index (χ4v) is 2.63. The molecule has 112 valence electrons. The fraction of sp³-hybridized carbons (Fsp3) is 0.167. The second-order valence-electron chi connectivity index (χ2n) is 5.24. The molecule has 0 amide bonds. The van der Waals surface area contributed by atoms with Gasteiger partial charge < -0.3 is 4.74 Å². The van der Waals surface area contributed by atoms with E-state index in [1.807, 2.05) is 37.3 Å². The van der Waals surface area contributed by atoms with E-state index in [1.54, 1.807) is 12.1 Å². The molecule has 2 aromatic rings. The van der Waals surface area contributed by atoms with Gasteiger partial charge in [0.05, 0.1) is 11.8 Å². The van der Waals surface area contributed by atoms with Gasteiger partial charge in [0.1, 0.15) is 17.3 Å². The predicted octanol–water partition coefficient (Wildman–Crippen LogP) is 5.32. The van der Waals surface area contributed by atoms with Gasteiger partial charge in [-0.05, 0) is 67.1 Å². The summed E-state index contributed by atoms with van der Waals surface area (Å²) in [6, 6.07) is 13.7.